The maximum Gasteiger partial charge on any atom is 0.273 e. The molecular weight excluding hydrogens is 853 g/mol. The van der Waals surface area contributed by atoms with Crippen molar-refractivity contribution in [3.8, 4) is 11.5 Å². The summed E-state index contributed by atoms with van der Waals surface area (Å²) in [5, 5.41) is 5.01. The first-order chi connectivity index (χ1) is 31.0. The van der Waals surface area contributed by atoms with Crippen molar-refractivity contribution in [2.45, 2.75) is 43.4 Å². The number of carbonyl (C=O) groups is 4. The van der Waals surface area contributed by atoms with Crippen LogP contribution >= 0.6 is 0 Å². The van der Waals surface area contributed by atoms with Crippen molar-refractivity contribution in [1.82, 2.24) is 20.0 Å². The molecule has 14 nitrogen and oxygen atoms in total. The Morgan fingerprint density at radius 3 is 1.63 bits per heavy atom. The maximum absolute atomic E-state index is 14.5. The monoisotopic (exact) mass is 894 g/mol. The maximum atomic E-state index is 14.5. The molecule has 0 bridgehead atoms. The van der Waals surface area contributed by atoms with Crippen LogP contribution in [-0.4, -0.2) is 72.9 Å². The number of amides is 4. The summed E-state index contributed by atoms with van der Waals surface area (Å²) in [7, 11) is 5.79. The summed E-state index contributed by atoms with van der Waals surface area (Å²) in [6.07, 6.45) is -0.503. The van der Waals surface area contributed by atoms with Crippen LogP contribution in [0, 0.1) is 23.3 Å². The van der Waals surface area contributed by atoms with E-state index in [9.17, 15) is 46.3 Å². The van der Waals surface area contributed by atoms with Gasteiger partial charge in [0.2, 0.25) is 17.7 Å². The number of halogens is 4. The lowest BCUT2D eigenvalue weighted by Crippen LogP contribution is -2.54. The minimum absolute atomic E-state index is 0.0150. The van der Waals surface area contributed by atoms with Gasteiger partial charge in [-0.25, -0.2) is 26.9 Å². The fourth-order valence-corrected chi connectivity index (χ4v) is 7.89. The summed E-state index contributed by atoms with van der Waals surface area (Å²) in [6.45, 7) is -1.86. The molecule has 3 atom stereocenters. The summed E-state index contributed by atoms with van der Waals surface area (Å²) in [5.74, 6) is -6.97. The first-order valence-electron chi connectivity index (χ1n) is 20.1. The minimum atomic E-state index is -1.78. The highest BCUT2D eigenvalue weighted by molar-refractivity contribution is 6.05. The van der Waals surface area contributed by atoms with Crippen LogP contribution in [-0.2, 0) is 38.7 Å². The van der Waals surface area contributed by atoms with Crippen molar-refractivity contribution in [3.63, 3.8) is 0 Å². The predicted octanol–water partition coefficient (Wildman–Crippen LogP) is 4.83. The van der Waals surface area contributed by atoms with Gasteiger partial charge in [0.05, 0.1) is 25.0 Å². The Kier molecular flexibility index (Phi) is 12.9. The zero-order valence-electron chi connectivity index (χ0n) is 35.4. The number of likely N-dealkylation sites (N-methyl/N-ethyl adjacent to an activating group) is 2. The quantitative estimate of drug-likeness (QED) is 0.139. The number of nitrogens with zero attached hydrogens (tertiary/aromatic N) is 4. The molecule has 7 rings (SSSR count). The summed E-state index contributed by atoms with van der Waals surface area (Å²) in [4.78, 5) is 87.3. The third kappa shape index (κ3) is 9.61. The van der Waals surface area contributed by atoms with Gasteiger partial charge in [0.1, 0.15) is 59.4 Å². The predicted molar refractivity (Wildman–Crippen MR) is 232 cm³/mol. The van der Waals surface area contributed by atoms with Crippen LogP contribution in [0.15, 0.2) is 119 Å². The van der Waals surface area contributed by atoms with Crippen LogP contribution in [0.1, 0.15) is 23.5 Å². The highest BCUT2D eigenvalue weighted by atomic mass is 19.1. The number of benzene rings is 5. The molecule has 0 saturated heterocycles. The number of nitrogens with one attached hydrogen (secondary N) is 2. The third-order valence-electron chi connectivity index (χ3n) is 11.3. The molecule has 1 aromatic heterocycles. The molecule has 65 heavy (non-hydrogen) atoms. The molecule has 1 heterocycles. The first kappa shape index (κ1) is 45.3. The molecule has 0 aliphatic heterocycles. The van der Waals surface area contributed by atoms with Crippen molar-refractivity contribution in [1.29, 1.82) is 0 Å². The Morgan fingerprint density at radius 2 is 1.14 bits per heavy atom. The summed E-state index contributed by atoms with van der Waals surface area (Å²) in [6, 6.07) is 22.3. The van der Waals surface area contributed by atoms with Crippen LogP contribution in [0.3, 0.4) is 0 Å². The van der Waals surface area contributed by atoms with Crippen LogP contribution in [0.25, 0.3) is 10.8 Å². The molecule has 1 aliphatic carbocycles. The van der Waals surface area contributed by atoms with Crippen LogP contribution in [0.4, 0.5) is 28.9 Å². The highest BCUT2D eigenvalue weighted by Crippen LogP contribution is 2.53. The Bertz CT molecular complexity index is 2900. The van der Waals surface area contributed by atoms with Gasteiger partial charge in [0.25, 0.3) is 17.0 Å². The number of carbonyl (C=O) groups excluding carboxylic acids is 4. The fraction of sp³-hybridized carbons (Fsp3) is 0.234. The first-order valence-corrected chi connectivity index (χ1v) is 20.1. The molecule has 336 valence electrons. The second-order valence-electron chi connectivity index (χ2n) is 15.5. The lowest BCUT2D eigenvalue weighted by molar-refractivity contribution is -0.129. The number of anilines is 2. The number of hydrogen-bond donors (Lipinski definition) is 2. The Morgan fingerprint density at radius 1 is 0.677 bits per heavy atom. The largest absolute Gasteiger partial charge is 0.497 e. The van der Waals surface area contributed by atoms with Crippen LogP contribution in [0.2, 0.25) is 0 Å². The van der Waals surface area contributed by atoms with Gasteiger partial charge in [0, 0.05) is 49.9 Å². The van der Waals surface area contributed by atoms with Gasteiger partial charge >= 0.3 is 0 Å². The van der Waals surface area contributed by atoms with Crippen molar-refractivity contribution in [2.24, 2.45) is 0 Å². The zero-order valence-corrected chi connectivity index (χ0v) is 35.4. The lowest BCUT2D eigenvalue weighted by Gasteiger charge is -2.27. The molecule has 18 heteroatoms. The molecule has 1 unspecified atom stereocenters. The Labute approximate surface area is 368 Å². The highest BCUT2D eigenvalue weighted by Gasteiger charge is 2.63. The zero-order chi connectivity index (χ0) is 46.7. The molecule has 1 saturated carbocycles. The summed E-state index contributed by atoms with van der Waals surface area (Å²) < 4.78 is 69.5. The topological polar surface area (TPSA) is 161 Å². The van der Waals surface area contributed by atoms with E-state index in [-0.39, 0.29) is 28.3 Å². The van der Waals surface area contributed by atoms with Gasteiger partial charge in [-0.1, -0.05) is 12.1 Å². The van der Waals surface area contributed by atoms with E-state index in [0.717, 1.165) is 24.3 Å². The van der Waals surface area contributed by atoms with Gasteiger partial charge < -0.3 is 29.9 Å². The number of fused-ring (bicyclic) bond motifs is 1. The number of hydrogen-bond acceptors (Lipinski definition) is 8. The van der Waals surface area contributed by atoms with Gasteiger partial charge in [-0.15, -0.1) is 0 Å². The number of rotatable bonds is 15. The van der Waals surface area contributed by atoms with E-state index < -0.39 is 95.0 Å². The second-order valence-corrected chi connectivity index (χ2v) is 15.5. The van der Waals surface area contributed by atoms with Gasteiger partial charge in [0.15, 0.2) is 0 Å². The Hall–Kier alpha value is -7.76. The molecule has 4 amide bonds. The van der Waals surface area contributed by atoms with Gasteiger partial charge in [-0.3, -0.25) is 28.8 Å². The van der Waals surface area contributed by atoms with E-state index in [4.69, 9.17) is 9.47 Å². The number of ether oxygens (including phenoxy) is 2. The fourth-order valence-electron chi connectivity index (χ4n) is 7.89. The number of methoxy groups -OCH3 is 2. The van der Waals surface area contributed by atoms with E-state index in [0.29, 0.717) is 44.4 Å². The van der Waals surface area contributed by atoms with E-state index in [1.54, 1.807) is 48.5 Å². The van der Waals surface area contributed by atoms with Gasteiger partial charge in [-0.05, 0) is 102 Å². The van der Waals surface area contributed by atoms with E-state index in [1.165, 1.54) is 62.4 Å². The summed E-state index contributed by atoms with van der Waals surface area (Å²) >= 11 is 0. The van der Waals surface area contributed by atoms with Crippen molar-refractivity contribution < 1.29 is 46.2 Å². The van der Waals surface area contributed by atoms with E-state index in [1.807, 2.05) is 0 Å². The Balaban J connectivity index is 1.21. The van der Waals surface area contributed by atoms with Gasteiger partial charge in [-0.2, -0.15) is 0 Å². The van der Waals surface area contributed by atoms with Crippen molar-refractivity contribution in [3.05, 3.63) is 164 Å². The minimum Gasteiger partial charge on any atom is -0.497 e. The van der Waals surface area contributed by atoms with E-state index >= 15 is 0 Å². The van der Waals surface area contributed by atoms with Crippen LogP contribution < -0.4 is 41.0 Å². The molecular formula is C47H42F4N6O8. The average molecular weight is 895 g/mol. The van der Waals surface area contributed by atoms with Crippen molar-refractivity contribution in [2.75, 3.05) is 38.1 Å². The molecule has 6 aromatic rings. The summed E-state index contributed by atoms with van der Waals surface area (Å²) in [5.41, 5.74) is -2.67. The number of aromatic nitrogens is 2. The lowest BCUT2D eigenvalue weighted by atomic mass is 10.0. The standard InChI is InChI=1S/C47H42F4N6O8/c1-54(33-9-13-35(64-3)14-10-33)45(62)40(19-27-17-29(48)22-30(49)18-27)52-41(58)25-56-43(60)37-7-5-6-8-38(37)44(61)57(56)26-42(59)53-47(24-39(47)28-20-31(50)23-32(51)21-28)46(63)55(2)34-11-15-36(65-4)16-12-34/h5-18,20-23,39-40H,19,24-26H2,1-4H3,(H,52,58)(H,53,59)/t39?,40-,47-/m0/s1. The molecule has 2 N–H and O–H groups in total. The normalized spacial score (nSPS) is 15.7. The average Bonchev–Trinajstić information content (AvgIpc) is 4.02. The van der Waals surface area contributed by atoms with Crippen LogP contribution in [0.5, 0.6) is 11.5 Å². The SMILES string of the molecule is COc1ccc(N(C)C(=O)[C@H](Cc2cc(F)cc(F)c2)NC(=O)Cn2c(=O)c3ccccc3c(=O)n2CC(=O)N[C@@]2(C(=O)N(C)c3ccc(OC)cc3)CC2c2cc(F)cc(F)c2)cc1. The second kappa shape index (κ2) is 18.5. The molecule has 0 spiro atoms. The van der Waals surface area contributed by atoms with Crippen molar-refractivity contribution >= 4 is 45.8 Å². The smallest absolute Gasteiger partial charge is 0.273 e. The molecule has 1 fully saturated rings. The third-order valence-corrected chi connectivity index (χ3v) is 11.3. The van der Waals surface area contributed by atoms with E-state index in [2.05, 4.69) is 10.6 Å². The molecule has 0 radical (unpaired) electrons. The molecule has 1 aliphatic rings. The molecule has 5 aromatic carbocycles.